The van der Waals surface area contributed by atoms with Crippen LogP contribution in [0.25, 0.3) is 0 Å². The zero-order valence-corrected chi connectivity index (χ0v) is 11.8. The van der Waals surface area contributed by atoms with E-state index in [4.69, 9.17) is 0 Å². The second-order valence-corrected chi connectivity index (χ2v) is 7.35. The van der Waals surface area contributed by atoms with E-state index in [0.29, 0.717) is 18.9 Å². The lowest BCUT2D eigenvalue weighted by molar-refractivity contribution is -0.130. The Kier molecular flexibility index (Phi) is 4.55. The first kappa shape index (κ1) is 14.4. The zero-order valence-electron chi connectivity index (χ0n) is 10.9. The fraction of sp³-hybridized carbons (Fsp3) is 0.909. The molecule has 100 valence electrons. The van der Waals surface area contributed by atoms with Gasteiger partial charge in [-0.3, -0.25) is 10.1 Å². The van der Waals surface area contributed by atoms with E-state index in [0.717, 1.165) is 0 Å². The molecule has 1 aliphatic rings. The topological polar surface area (TPSA) is 66.5 Å². The van der Waals surface area contributed by atoms with Crippen molar-refractivity contribution in [3.05, 3.63) is 0 Å². The van der Waals surface area contributed by atoms with Crippen LogP contribution in [-0.4, -0.2) is 50.0 Å². The first-order chi connectivity index (χ1) is 7.72. The Labute approximate surface area is 103 Å². The van der Waals surface area contributed by atoms with E-state index in [1.54, 1.807) is 4.90 Å². The molecule has 1 heterocycles. The standard InChI is InChI=1S/C11H22N2O3S/c1-8(2)10-12-9(3)11(14)13(10)6-5-7-17(4,15)16/h8-10,12H,5-7H2,1-4H3. The summed E-state index contributed by atoms with van der Waals surface area (Å²) >= 11 is 0. The van der Waals surface area contributed by atoms with Gasteiger partial charge in [0.2, 0.25) is 5.91 Å². The van der Waals surface area contributed by atoms with Gasteiger partial charge in [-0.05, 0) is 19.3 Å². The molecule has 0 aliphatic carbocycles. The van der Waals surface area contributed by atoms with Crippen LogP contribution < -0.4 is 5.32 Å². The minimum absolute atomic E-state index is 0.0251. The van der Waals surface area contributed by atoms with Crippen molar-refractivity contribution >= 4 is 15.7 Å². The molecular formula is C11H22N2O3S. The summed E-state index contributed by atoms with van der Waals surface area (Å²) in [6.45, 7) is 6.44. The molecule has 1 aliphatic heterocycles. The number of hydrogen-bond donors (Lipinski definition) is 1. The maximum absolute atomic E-state index is 11.9. The predicted molar refractivity (Wildman–Crippen MR) is 67.3 cm³/mol. The van der Waals surface area contributed by atoms with Crippen LogP contribution >= 0.6 is 0 Å². The Bertz CT molecular complexity index is 378. The molecule has 2 unspecified atom stereocenters. The van der Waals surface area contributed by atoms with Crippen molar-refractivity contribution in [2.75, 3.05) is 18.6 Å². The summed E-state index contributed by atoms with van der Waals surface area (Å²) in [4.78, 5) is 13.7. The molecule has 17 heavy (non-hydrogen) atoms. The Hall–Kier alpha value is -0.620. The maximum Gasteiger partial charge on any atom is 0.240 e. The number of carbonyl (C=O) groups is 1. The van der Waals surface area contributed by atoms with Crippen molar-refractivity contribution in [1.29, 1.82) is 0 Å². The second-order valence-electron chi connectivity index (χ2n) is 5.09. The lowest BCUT2D eigenvalue weighted by Crippen LogP contribution is -2.42. The molecule has 5 nitrogen and oxygen atoms in total. The van der Waals surface area contributed by atoms with E-state index in [2.05, 4.69) is 5.32 Å². The van der Waals surface area contributed by atoms with Gasteiger partial charge in [0.25, 0.3) is 0 Å². The number of nitrogens with one attached hydrogen (secondary N) is 1. The van der Waals surface area contributed by atoms with Gasteiger partial charge in [-0.15, -0.1) is 0 Å². The highest BCUT2D eigenvalue weighted by Crippen LogP contribution is 2.17. The van der Waals surface area contributed by atoms with Gasteiger partial charge in [0, 0.05) is 12.8 Å². The molecule has 0 spiro atoms. The van der Waals surface area contributed by atoms with E-state index in [1.807, 2.05) is 20.8 Å². The van der Waals surface area contributed by atoms with Crippen LogP contribution in [0.3, 0.4) is 0 Å². The van der Waals surface area contributed by atoms with Crippen molar-refractivity contribution in [2.45, 2.75) is 39.4 Å². The van der Waals surface area contributed by atoms with Gasteiger partial charge in [0.1, 0.15) is 9.84 Å². The first-order valence-corrected chi connectivity index (χ1v) is 8.02. The number of sulfone groups is 1. The monoisotopic (exact) mass is 262 g/mol. The van der Waals surface area contributed by atoms with Crippen LogP contribution in [0.1, 0.15) is 27.2 Å². The van der Waals surface area contributed by atoms with Gasteiger partial charge in [0.05, 0.1) is 18.0 Å². The van der Waals surface area contributed by atoms with Gasteiger partial charge in [-0.2, -0.15) is 0 Å². The normalized spacial score (nSPS) is 25.9. The third-order valence-electron chi connectivity index (χ3n) is 2.96. The van der Waals surface area contributed by atoms with Crippen LogP contribution in [0, 0.1) is 5.92 Å². The largest absolute Gasteiger partial charge is 0.326 e. The van der Waals surface area contributed by atoms with E-state index in [9.17, 15) is 13.2 Å². The van der Waals surface area contributed by atoms with Crippen molar-refractivity contribution in [3.63, 3.8) is 0 Å². The van der Waals surface area contributed by atoms with Gasteiger partial charge in [-0.1, -0.05) is 13.8 Å². The van der Waals surface area contributed by atoms with Crippen LogP contribution in [-0.2, 0) is 14.6 Å². The van der Waals surface area contributed by atoms with Gasteiger partial charge in [0.15, 0.2) is 0 Å². The van der Waals surface area contributed by atoms with E-state index in [1.165, 1.54) is 6.26 Å². The zero-order chi connectivity index (χ0) is 13.2. The molecule has 1 rings (SSSR count). The second kappa shape index (κ2) is 5.35. The number of hydrogen-bond acceptors (Lipinski definition) is 4. The van der Waals surface area contributed by atoms with Crippen molar-refractivity contribution < 1.29 is 13.2 Å². The highest BCUT2D eigenvalue weighted by Gasteiger charge is 2.37. The van der Waals surface area contributed by atoms with E-state index < -0.39 is 9.84 Å². The Balaban J connectivity index is 2.58. The molecule has 6 heteroatoms. The summed E-state index contributed by atoms with van der Waals surface area (Å²) < 4.78 is 22.1. The average Bonchev–Trinajstić information content (AvgIpc) is 2.44. The molecule has 1 amide bonds. The molecule has 2 atom stereocenters. The smallest absolute Gasteiger partial charge is 0.240 e. The summed E-state index contributed by atoms with van der Waals surface area (Å²) in [6, 6.07) is -0.166. The summed E-state index contributed by atoms with van der Waals surface area (Å²) in [5.41, 5.74) is 0. The highest BCUT2D eigenvalue weighted by atomic mass is 32.2. The molecule has 0 saturated carbocycles. The molecule has 0 bridgehead atoms. The number of rotatable bonds is 5. The van der Waals surface area contributed by atoms with Gasteiger partial charge in [-0.25, -0.2) is 8.42 Å². The quantitative estimate of drug-likeness (QED) is 0.770. The number of nitrogens with zero attached hydrogens (tertiary/aromatic N) is 1. The summed E-state index contributed by atoms with van der Waals surface area (Å²) in [5.74, 6) is 0.523. The van der Waals surface area contributed by atoms with Crippen LogP contribution in [0.4, 0.5) is 0 Å². The van der Waals surface area contributed by atoms with Gasteiger partial charge < -0.3 is 4.90 Å². The third-order valence-corrected chi connectivity index (χ3v) is 3.99. The van der Waals surface area contributed by atoms with E-state index >= 15 is 0 Å². The van der Waals surface area contributed by atoms with Crippen LogP contribution in [0.2, 0.25) is 0 Å². The lowest BCUT2D eigenvalue weighted by Gasteiger charge is -2.27. The summed E-state index contributed by atoms with van der Waals surface area (Å²) in [7, 11) is -2.94. The molecule has 0 radical (unpaired) electrons. The van der Waals surface area contributed by atoms with Gasteiger partial charge >= 0.3 is 0 Å². The molecule has 0 aromatic carbocycles. The minimum Gasteiger partial charge on any atom is -0.326 e. The molecule has 0 aromatic rings. The lowest BCUT2D eigenvalue weighted by atomic mass is 10.1. The number of amides is 1. The Morgan fingerprint density at radius 3 is 2.47 bits per heavy atom. The third kappa shape index (κ3) is 3.96. The SMILES string of the molecule is CC1NC(C(C)C)N(CCCS(C)(=O)=O)C1=O. The van der Waals surface area contributed by atoms with Crippen LogP contribution in [0.15, 0.2) is 0 Å². The molecule has 1 fully saturated rings. The highest BCUT2D eigenvalue weighted by molar-refractivity contribution is 7.90. The first-order valence-electron chi connectivity index (χ1n) is 5.96. The fourth-order valence-corrected chi connectivity index (χ4v) is 2.76. The maximum atomic E-state index is 11.9. The van der Waals surface area contributed by atoms with Crippen molar-refractivity contribution in [3.8, 4) is 0 Å². The molecule has 1 saturated heterocycles. The average molecular weight is 262 g/mol. The predicted octanol–water partition coefficient (Wildman–Crippen LogP) is 0.224. The van der Waals surface area contributed by atoms with E-state index in [-0.39, 0.29) is 23.9 Å². The van der Waals surface area contributed by atoms with Crippen LogP contribution in [0.5, 0.6) is 0 Å². The summed E-state index contributed by atoms with van der Waals surface area (Å²) in [6.07, 6.45) is 1.75. The Morgan fingerprint density at radius 1 is 1.41 bits per heavy atom. The van der Waals surface area contributed by atoms with Crippen molar-refractivity contribution in [1.82, 2.24) is 10.2 Å². The molecule has 1 N–H and O–H groups in total. The fourth-order valence-electron chi connectivity index (χ4n) is 2.10. The van der Waals surface area contributed by atoms with Crippen molar-refractivity contribution in [2.24, 2.45) is 5.92 Å². The molecular weight excluding hydrogens is 240 g/mol. The number of carbonyl (C=O) groups excluding carboxylic acids is 1. The molecule has 0 aromatic heterocycles. The Morgan fingerprint density at radius 2 is 2.00 bits per heavy atom. The minimum atomic E-state index is -2.94. The summed E-state index contributed by atoms with van der Waals surface area (Å²) in [5, 5.41) is 3.23.